The minimum atomic E-state index is -1.95. The van der Waals surface area contributed by atoms with Crippen LogP contribution in [0.1, 0.15) is 130 Å². The van der Waals surface area contributed by atoms with Crippen molar-refractivity contribution in [1.82, 2.24) is 18.9 Å². The van der Waals surface area contributed by atoms with Gasteiger partial charge in [-0.05, 0) is 115 Å². The number of rotatable bonds is 15. The fraction of sp³-hybridized carbons (Fsp3) is 0.545. The van der Waals surface area contributed by atoms with Gasteiger partial charge in [0.05, 0.1) is 48.7 Å². The van der Waals surface area contributed by atoms with Gasteiger partial charge in [0.25, 0.3) is 0 Å². The van der Waals surface area contributed by atoms with Crippen molar-refractivity contribution in [3.8, 4) is 11.5 Å². The van der Waals surface area contributed by atoms with Crippen molar-refractivity contribution in [1.29, 1.82) is 0 Å². The van der Waals surface area contributed by atoms with Gasteiger partial charge in [0.1, 0.15) is 33.9 Å². The summed E-state index contributed by atoms with van der Waals surface area (Å²) in [7, 11) is 2.72. The molecular formula is C66H74F2N6O17. The third kappa shape index (κ3) is 10.2. The molecule has 2 aliphatic heterocycles. The van der Waals surface area contributed by atoms with Crippen LogP contribution in [0.3, 0.4) is 0 Å². The van der Waals surface area contributed by atoms with Gasteiger partial charge in [-0.3, -0.25) is 24.1 Å². The molecule has 2 unspecified atom stereocenters. The number of amides is 1. The summed E-state index contributed by atoms with van der Waals surface area (Å²) in [6.07, 6.45) is 10.8. The lowest BCUT2D eigenvalue weighted by Gasteiger charge is -2.59. The summed E-state index contributed by atoms with van der Waals surface area (Å²) in [5.74, 6) is -4.96. The number of ether oxygens (including phenoxy) is 5. The standard InChI is InChI=1S/C66H74F2N6O17/c1-33-26-70(19-18-69(33)30-49-35(3)90-63(83)91-49)54-46(67)24-42-53(58(54)85-6)74(38-11-12-38)29-44(57(42)79)61(81)88-32-89-62(82)72-21-20-71(27-34(72)2)55-47(68)23-41-52(59(55)86-7)73(37-9-10-37)28-43(56(41)78)60(80)87-31-50(77)66(84)17-15-45-40-13-8-36-22-39(75)14-16-64(36,4)51(40)48(76)25-65(45,66)5/h14,16,22-24,28-29,33-34,37-38,40,45,48,51,76,84H,8-13,15,17-21,25-27,30-32H2,1-7H3/t33?,34?,40-,45-,48-,51+,64-,65-,66-/m1/s1. The number of hydrogen-bond acceptors (Lipinski definition) is 20. The number of benzene rings is 2. The van der Waals surface area contributed by atoms with E-state index in [0.29, 0.717) is 88.2 Å². The number of ketones is 2. The van der Waals surface area contributed by atoms with Crippen LogP contribution in [0.5, 0.6) is 11.5 Å². The molecule has 0 bridgehead atoms. The van der Waals surface area contributed by atoms with Crippen molar-refractivity contribution in [2.24, 2.45) is 28.6 Å². The molecule has 5 saturated carbocycles. The molecule has 484 valence electrons. The van der Waals surface area contributed by atoms with Crippen molar-refractivity contribution in [2.45, 2.75) is 135 Å². The summed E-state index contributed by atoms with van der Waals surface area (Å²) < 4.78 is 75.1. The second-order valence-electron chi connectivity index (χ2n) is 26.6. The van der Waals surface area contributed by atoms with Crippen LogP contribution in [0.2, 0.25) is 0 Å². The molecule has 25 heteroatoms. The van der Waals surface area contributed by atoms with E-state index in [9.17, 15) is 48.6 Å². The van der Waals surface area contributed by atoms with Crippen LogP contribution in [0.4, 0.5) is 25.0 Å². The number of aliphatic hydroxyl groups excluding tert-OH is 1. The zero-order valence-corrected chi connectivity index (χ0v) is 51.8. The smallest absolute Gasteiger partial charge is 0.492 e. The molecule has 5 heterocycles. The maximum atomic E-state index is 16.8. The van der Waals surface area contributed by atoms with Crippen LogP contribution in [0.25, 0.3) is 21.8 Å². The van der Waals surface area contributed by atoms with Crippen LogP contribution in [-0.2, 0) is 30.3 Å². The second kappa shape index (κ2) is 22.9. The van der Waals surface area contributed by atoms with Gasteiger partial charge >= 0.3 is 23.9 Å². The Morgan fingerprint density at radius 1 is 0.747 bits per heavy atom. The fourth-order valence-corrected chi connectivity index (χ4v) is 16.4. The van der Waals surface area contributed by atoms with Gasteiger partial charge in [0.15, 0.2) is 41.3 Å². The van der Waals surface area contributed by atoms with E-state index < -0.39 is 105 Å². The maximum absolute atomic E-state index is 16.8. The molecule has 0 radical (unpaired) electrons. The predicted molar refractivity (Wildman–Crippen MR) is 323 cm³/mol. The van der Waals surface area contributed by atoms with Crippen LogP contribution in [0, 0.1) is 47.1 Å². The first-order chi connectivity index (χ1) is 43.4. The largest absolute Gasteiger partial charge is 0.519 e. The molecule has 23 nitrogen and oxygen atoms in total. The van der Waals surface area contributed by atoms with Gasteiger partial charge in [-0.15, -0.1) is 0 Å². The second-order valence-corrected chi connectivity index (χ2v) is 26.6. The van der Waals surface area contributed by atoms with Gasteiger partial charge in [-0.2, -0.15) is 0 Å². The summed E-state index contributed by atoms with van der Waals surface area (Å²) >= 11 is 0. The van der Waals surface area contributed by atoms with Crippen LogP contribution in [-0.4, -0.2) is 149 Å². The van der Waals surface area contributed by atoms with E-state index in [0.717, 1.165) is 17.7 Å². The maximum Gasteiger partial charge on any atom is 0.519 e. The molecule has 0 spiro atoms. The summed E-state index contributed by atoms with van der Waals surface area (Å²) in [4.78, 5) is 115. The summed E-state index contributed by atoms with van der Waals surface area (Å²) in [6, 6.07) is 1.02. The number of halogens is 2. The quantitative estimate of drug-likeness (QED) is 0.0785. The molecule has 2 N–H and O–H groups in total. The Bertz CT molecular complexity index is 4140. The molecule has 8 aliphatic rings. The monoisotopic (exact) mass is 1260 g/mol. The molecule has 9 atom stereocenters. The van der Waals surface area contributed by atoms with Crippen molar-refractivity contribution in [3.05, 3.63) is 114 Å². The molecular weight excluding hydrogens is 1190 g/mol. The number of hydrogen-bond donors (Lipinski definition) is 2. The van der Waals surface area contributed by atoms with Gasteiger partial charge in [0.2, 0.25) is 23.4 Å². The van der Waals surface area contributed by atoms with E-state index in [1.165, 1.54) is 31.5 Å². The third-order valence-electron chi connectivity index (χ3n) is 21.4. The Morgan fingerprint density at radius 3 is 1.88 bits per heavy atom. The first-order valence-electron chi connectivity index (χ1n) is 31.3. The molecule has 7 fully saturated rings. The number of nitrogens with zero attached hydrogens (tertiary/aromatic N) is 6. The minimum Gasteiger partial charge on any atom is -0.492 e. The molecule has 2 aromatic carbocycles. The highest BCUT2D eigenvalue weighted by Crippen LogP contribution is 2.67. The Hall–Kier alpha value is -8.16. The SMILES string of the molecule is COc1c(N2CCN(Cc3oc(=O)oc3C)C(C)C2)c(F)cc2c(=O)c(C(=O)OCOC(=O)N3CCN(c4c(F)cc5c(=O)c(C(=O)OCC(=O)[C@]6(O)CC[C@@H]7[C@H]8CCC9=CC(=O)C=C[C@@]9(C)[C@@H]8[C@H](O)C[C@]76C)cn(C6CC6)c5c4OC)CC3C)cn(C3CC3)c12. The Balaban J connectivity index is 0.662. The number of aryl methyl sites for hydroxylation is 1. The van der Waals surface area contributed by atoms with E-state index in [1.54, 1.807) is 40.0 Å². The highest BCUT2D eigenvalue weighted by Gasteiger charge is 2.68. The van der Waals surface area contributed by atoms with Gasteiger partial charge in [0, 0.05) is 92.6 Å². The van der Waals surface area contributed by atoms with Crippen molar-refractivity contribution in [3.63, 3.8) is 0 Å². The number of Topliss-reactive ketones (excluding diaryl/α,β-unsaturated/α-hetero) is 1. The van der Waals surface area contributed by atoms with Gasteiger partial charge < -0.3 is 66.6 Å². The fourth-order valence-electron chi connectivity index (χ4n) is 16.4. The first-order valence-corrected chi connectivity index (χ1v) is 31.3. The van der Waals surface area contributed by atoms with Crippen molar-refractivity contribution in [2.75, 3.05) is 76.7 Å². The number of carbonyl (C=O) groups is 5. The Kier molecular flexibility index (Phi) is 15.5. The van der Waals surface area contributed by atoms with E-state index in [-0.39, 0.29) is 113 Å². The number of carbonyl (C=O) groups excluding carboxylic acids is 5. The number of esters is 2. The lowest BCUT2D eigenvalue weighted by Crippen LogP contribution is -2.61. The minimum absolute atomic E-state index is 0.00270. The first kappa shape index (κ1) is 61.7. The molecule has 2 saturated heterocycles. The van der Waals surface area contributed by atoms with Crippen LogP contribution >= 0.6 is 0 Å². The molecule has 3 aromatic heterocycles. The number of anilines is 2. The van der Waals surface area contributed by atoms with E-state index in [2.05, 4.69) is 4.90 Å². The summed E-state index contributed by atoms with van der Waals surface area (Å²) in [5.41, 5.74) is -4.44. The highest BCUT2D eigenvalue weighted by molar-refractivity contribution is 6.02. The summed E-state index contributed by atoms with van der Waals surface area (Å²) in [5, 5.41) is 23.9. The normalized spacial score (nSPS) is 28.1. The van der Waals surface area contributed by atoms with E-state index >= 15 is 8.78 Å². The predicted octanol–water partition coefficient (Wildman–Crippen LogP) is 7.04. The lowest BCUT2D eigenvalue weighted by molar-refractivity contribution is -0.178. The molecule has 6 aliphatic carbocycles. The zero-order chi connectivity index (χ0) is 64.5. The molecule has 5 aromatic rings. The number of pyridine rings is 2. The third-order valence-corrected chi connectivity index (χ3v) is 21.4. The van der Waals surface area contributed by atoms with Crippen molar-refractivity contribution < 1.29 is 75.5 Å². The average Bonchev–Trinajstić information content (AvgIpc) is 1.62. The van der Waals surface area contributed by atoms with E-state index in [4.69, 9.17) is 32.5 Å². The van der Waals surface area contributed by atoms with Gasteiger partial charge in [-0.25, -0.2) is 28.0 Å². The van der Waals surface area contributed by atoms with Crippen LogP contribution in [0.15, 0.2) is 71.5 Å². The highest BCUT2D eigenvalue weighted by atomic mass is 19.1. The Morgan fingerprint density at radius 2 is 1.33 bits per heavy atom. The van der Waals surface area contributed by atoms with Crippen molar-refractivity contribution >= 4 is 62.8 Å². The molecule has 13 rings (SSSR count). The lowest BCUT2D eigenvalue weighted by atomic mass is 9.46. The Labute approximate surface area is 520 Å². The number of aliphatic hydroxyl groups is 2. The number of allylic oxidation sites excluding steroid dienone is 4. The number of piperazine rings is 2. The molecule has 1 amide bonds. The van der Waals surface area contributed by atoms with E-state index in [1.807, 2.05) is 31.7 Å². The number of aromatic nitrogens is 2. The molecule has 91 heavy (non-hydrogen) atoms. The number of fused-ring (bicyclic) bond motifs is 7. The average molecular weight is 1260 g/mol. The topological polar surface area (TPSA) is 272 Å². The summed E-state index contributed by atoms with van der Waals surface area (Å²) in [6.45, 7) is 9.03. The van der Waals surface area contributed by atoms with Gasteiger partial charge in [-0.1, -0.05) is 25.5 Å². The van der Waals surface area contributed by atoms with Crippen LogP contribution < -0.4 is 36.0 Å². The zero-order valence-electron chi connectivity index (χ0n) is 51.8. The number of methoxy groups -OCH3 is 2.